The normalized spacial score (nSPS) is 14.6. The van der Waals surface area contributed by atoms with E-state index in [1.165, 1.54) is 0 Å². The van der Waals surface area contributed by atoms with Crippen LogP contribution in [0.2, 0.25) is 0 Å². The SMILES string of the molecule is CCCCOC(=O)C1=C(C)Nc2nc(SCCC)nn2C1c1cc(Br)c(OCc2ccccc2)c(OC)c1. The zero-order valence-corrected chi connectivity index (χ0v) is 24.5. The van der Waals surface area contributed by atoms with Crippen LogP contribution in [-0.4, -0.2) is 40.2 Å². The van der Waals surface area contributed by atoms with Crippen molar-refractivity contribution in [3.8, 4) is 11.5 Å². The van der Waals surface area contributed by atoms with Crippen LogP contribution in [0.25, 0.3) is 0 Å². The van der Waals surface area contributed by atoms with Crippen molar-refractivity contribution in [1.82, 2.24) is 14.8 Å². The van der Waals surface area contributed by atoms with Gasteiger partial charge in [0.1, 0.15) is 12.6 Å². The first-order chi connectivity index (χ1) is 18.5. The minimum absolute atomic E-state index is 0.361. The predicted molar refractivity (Wildman–Crippen MR) is 153 cm³/mol. The van der Waals surface area contributed by atoms with Gasteiger partial charge in [0.2, 0.25) is 11.1 Å². The smallest absolute Gasteiger partial charge is 0.338 e. The quantitative estimate of drug-likeness (QED) is 0.138. The Labute approximate surface area is 236 Å². The van der Waals surface area contributed by atoms with Gasteiger partial charge in [0.05, 0.1) is 23.8 Å². The van der Waals surface area contributed by atoms with Crippen molar-refractivity contribution in [2.24, 2.45) is 0 Å². The number of benzene rings is 2. The largest absolute Gasteiger partial charge is 0.493 e. The van der Waals surface area contributed by atoms with E-state index >= 15 is 0 Å². The third-order valence-corrected chi connectivity index (χ3v) is 7.65. The number of carbonyl (C=O) groups is 1. The second-order valence-electron chi connectivity index (χ2n) is 8.88. The van der Waals surface area contributed by atoms with Gasteiger partial charge in [-0.25, -0.2) is 9.48 Å². The Hall–Kier alpha value is -2.98. The fraction of sp³-hybridized carbons (Fsp3) is 0.393. The highest BCUT2D eigenvalue weighted by molar-refractivity contribution is 9.10. The molecule has 0 amide bonds. The van der Waals surface area contributed by atoms with Crippen LogP contribution >= 0.6 is 27.7 Å². The lowest BCUT2D eigenvalue weighted by Crippen LogP contribution is -2.30. The van der Waals surface area contributed by atoms with Crippen LogP contribution in [-0.2, 0) is 16.1 Å². The third-order valence-electron chi connectivity index (χ3n) is 6.01. The molecule has 2 heterocycles. The number of hydrogen-bond donors (Lipinski definition) is 1. The van der Waals surface area contributed by atoms with Crippen molar-refractivity contribution in [1.29, 1.82) is 0 Å². The van der Waals surface area contributed by atoms with Crippen LogP contribution in [0.4, 0.5) is 5.95 Å². The molecular formula is C28H33BrN4O4S. The number of aromatic nitrogens is 3. The maximum absolute atomic E-state index is 13.4. The number of halogens is 1. The van der Waals surface area contributed by atoms with Crippen molar-refractivity contribution >= 4 is 39.6 Å². The molecule has 0 fully saturated rings. The first kappa shape index (κ1) is 28.0. The van der Waals surface area contributed by atoms with E-state index in [2.05, 4.69) is 40.1 Å². The van der Waals surface area contributed by atoms with Gasteiger partial charge in [-0.2, -0.15) is 4.98 Å². The van der Waals surface area contributed by atoms with Gasteiger partial charge in [-0.3, -0.25) is 0 Å². The van der Waals surface area contributed by atoms with Crippen LogP contribution in [0.1, 0.15) is 57.2 Å². The number of rotatable bonds is 12. The molecule has 0 saturated heterocycles. The summed E-state index contributed by atoms with van der Waals surface area (Å²) in [6.07, 6.45) is 2.74. The predicted octanol–water partition coefficient (Wildman–Crippen LogP) is 6.76. The molecule has 4 rings (SSSR count). The molecule has 3 aromatic rings. The summed E-state index contributed by atoms with van der Waals surface area (Å²) < 4.78 is 20.0. The van der Waals surface area contributed by atoms with Gasteiger partial charge in [0.25, 0.3) is 0 Å². The maximum atomic E-state index is 13.4. The van der Waals surface area contributed by atoms with E-state index in [0.29, 0.717) is 51.6 Å². The van der Waals surface area contributed by atoms with Gasteiger partial charge < -0.3 is 19.5 Å². The summed E-state index contributed by atoms with van der Waals surface area (Å²) in [6, 6.07) is 13.2. The van der Waals surface area contributed by atoms with E-state index in [9.17, 15) is 4.79 Å². The van der Waals surface area contributed by atoms with E-state index in [0.717, 1.165) is 36.1 Å². The summed E-state index contributed by atoms with van der Waals surface area (Å²) in [5.74, 6) is 2.23. The first-order valence-corrected chi connectivity index (χ1v) is 14.5. The van der Waals surface area contributed by atoms with Crippen LogP contribution in [0.5, 0.6) is 11.5 Å². The number of methoxy groups -OCH3 is 1. The van der Waals surface area contributed by atoms with Crippen LogP contribution in [0.15, 0.2) is 63.4 Å². The Kier molecular flexibility index (Phi) is 9.74. The molecule has 10 heteroatoms. The van der Waals surface area contributed by atoms with Crippen molar-refractivity contribution < 1.29 is 19.0 Å². The summed E-state index contributed by atoms with van der Waals surface area (Å²) in [5, 5.41) is 8.68. The summed E-state index contributed by atoms with van der Waals surface area (Å²) >= 11 is 5.26. The van der Waals surface area contributed by atoms with E-state index in [1.807, 2.05) is 49.4 Å². The number of esters is 1. The number of thioether (sulfide) groups is 1. The first-order valence-electron chi connectivity index (χ1n) is 12.7. The molecule has 1 aromatic heterocycles. The third kappa shape index (κ3) is 6.35. The second-order valence-corrected chi connectivity index (χ2v) is 10.8. The molecule has 0 saturated carbocycles. The lowest BCUT2D eigenvalue weighted by molar-refractivity contribution is -0.139. The molecule has 8 nitrogen and oxygen atoms in total. The maximum Gasteiger partial charge on any atom is 0.338 e. The summed E-state index contributed by atoms with van der Waals surface area (Å²) in [6.45, 7) is 6.79. The van der Waals surface area contributed by atoms with E-state index in [1.54, 1.807) is 23.6 Å². The minimum atomic E-state index is -0.558. The average Bonchev–Trinajstić information content (AvgIpc) is 3.32. The number of ether oxygens (including phenoxy) is 3. The average molecular weight is 602 g/mol. The number of unbranched alkanes of at least 4 members (excludes halogenated alkanes) is 1. The molecule has 0 spiro atoms. The van der Waals surface area contributed by atoms with Gasteiger partial charge in [0, 0.05) is 11.4 Å². The molecule has 0 bridgehead atoms. The molecule has 1 aliphatic heterocycles. The second kappa shape index (κ2) is 13.2. The highest BCUT2D eigenvalue weighted by atomic mass is 79.9. The number of nitrogens with one attached hydrogen (secondary N) is 1. The van der Waals surface area contributed by atoms with Gasteiger partial charge in [-0.05, 0) is 59.0 Å². The lowest BCUT2D eigenvalue weighted by Gasteiger charge is -2.29. The molecular weight excluding hydrogens is 568 g/mol. The van der Waals surface area contributed by atoms with Crippen LogP contribution in [0, 0.1) is 0 Å². The standard InChI is InChI=1S/C28H33BrN4O4S/c1-5-7-13-36-26(34)23-18(3)30-27-31-28(38-14-6-2)32-33(27)24(23)20-15-21(29)25(22(16-20)35-4)37-17-19-11-9-8-10-12-19/h8-12,15-16,24H,5-7,13-14,17H2,1-4H3,(H,30,31,32). The number of fused-ring (bicyclic) bond motifs is 1. The Morgan fingerprint density at radius 1 is 1.18 bits per heavy atom. The molecule has 0 aliphatic carbocycles. The Bertz CT molecular complexity index is 1300. The van der Waals surface area contributed by atoms with E-state index in [-0.39, 0.29) is 5.97 Å². The lowest BCUT2D eigenvalue weighted by atomic mass is 9.95. The monoisotopic (exact) mass is 600 g/mol. The Balaban J connectivity index is 1.74. The Morgan fingerprint density at radius 3 is 2.68 bits per heavy atom. The number of carbonyl (C=O) groups excluding carboxylic acids is 1. The number of anilines is 1. The highest BCUT2D eigenvalue weighted by Crippen LogP contribution is 2.43. The van der Waals surface area contributed by atoms with Gasteiger partial charge >= 0.3 is 5.97 Å². The van der Waals surface area contributed by atoms with E-state index < -0.39 is 6.04 Å². The minimum Gasteiger partial charge on any atom is -0.493 e. The number of nitrogens with zero attached hydrogens (tertiary/aromatic N) is 3. The highest BCUT2D eigenvalue weighted by Gasteiger charge is 2.36. The van der Waals surface area contributed by atoms with Crippen molar-refractivity contribution in [2.45, 2.75) is 57.8 Å². The summed E-state index contributed by atoms with van der Waals surface area (Å²) in [4.78, 5) is 18.0. The zero-order chi connectivity index (χ0) is 27.1. The Morgan fingerprint density at radius 2 is 1.97 bits per heavy atom. The molecule has 38 heavy (non-hydrogen) atoms. The zero-order valence-electron chi connectivity index (χ0n) is 22.1. The van der Waals surface area contributed by atoms with Crippen molar-refractivity contribution in [3.63, 3.8) is 0 Å². The molecule has 1 atom stereocenters. The molecule has 1 unspecified atom stereocenters. The molecule has 2 aromatic carbocycles. The molecule has 1 aliphatic rings. The molecule has 1 N–H and O–H groups in total. The van der Waals surface area contributed by atoms with Crippen molar-refractivity contribution in [2.75, 3.05) is 24.8 Å². The molecule has 0 radical (unpaired) electrons. The number of hydrogen-bond acceptors (Lipinski definition) is 8. The summed E-state index contributed by atoms with van der Waals surface area (Å²) in [5.41, 5.74) is 3.01. The van der Waals surface area contributed by atoms with E-state index in [4.69, 9.17) is 19.3 Å². The number of allylic oxidation sites excluding steroid dienone is 1. The van der Waals surface area contributed by atoms with Crippen molar-refractivity contribution in [3.05, 3.63) is 69.3 Å². The van der Waals surface area contributed by atoms with Crippen LogP contribution in [0.3, 0.4) is 0 Å². The van der Waals surface area contributed by atoms with Gasteiger partial charge in [-0.15, -0.1) is 5.10 Å². The topological polar surface area (TPSA) is 87.5 Å². The van der Waals surface area contributed by atoms with Crippen LogP contribution < -0.4 is 14.8 Å². The van der Waals surface area contributed by atoms with Gasteiger partial charge in [-0.1, -0.05) is 62.4 Å². The summed E-state index contributed by atoms with van der Waals surface area (Å²) in [7, 11) is 1.60. The fourth-order valence-electron chi connectivity index (χ4n) is 4.11. The molecule has 202 valence electrons. The van der Waals surface area contributed by atoms with Gasteiger partial charge in [0.15, 0.2) is 11.5 Å². The fourth-order valence-corrected chi connectivity index (χ4v) is 5.37.